The van der Waals surface area contributed by atoms with Crippen molar-refractivity contribution in [2.75, 3.05) is 0 Å². The lowest BCUT2D eigenvalue weighted by Gasteiger charge is -2.17. The number of hydrogen-bond donors (Lipinski definition) is 2. The molecule has 0 amide bonds. The van der Waals surface area contributed by atoms with Crippen molar-refractivity contribution in [3.8, 4) is 0 Å². The van der Waals surface area contributed by atoms with Crippen LogP contribution in [0.1, 0.15) is 17.0 Å². The Hall–Kier alpha value is -1.31. The van der Waals surface area contributed by atoms with Gasteiger partial charge in [0.2, 0.25) is 0 Å². The normalized spacial score (nSPS) is 12.7. The molecule has 21 heavy (non-hydrogen) atoms. The number of rotatable bonds is 5. The van der Waals surface area contributed by atoms with Crippen LogP contribution in [0.3, 0.4) is 0 Å². The molecule has 2 rings (SSSR count). The van der Waals surface area contributed by atoms with Gasteiger partial charge in [-0.05, 0) is 40.9 Å². The number of nitrogens with zero attached hydrogens (tertiary/aromatic N) is 2. The quantitative estimate of drug-likeness (QED) is 0.637. The highest BCUT2D eigenvalue weighted by molar-refractivity contribution is 9.10. The molecule has 0 radical (unpaired) electrons. The van der Waals surface area contributed by atoms with Gasteiger partial charge in [0, 0.05) is 25.6 Å². The summed E-state index contributed by atoms with van der Waals surface area (Å²) in [5, 5.41) is 4.31. The summed E-state index contributed by atoms with van der Waals surface area (Å²) in [5.74, 6) is 4.42. The second-order valence-electron chi connectivity index (χ2n) is 4.98. The lowest BCUT2D eigenvalue weighted by Crippen LogP contribution is -2.39. The molecule has 0 aliphatic carbocycles. The van der Waals surface area contributed by atoms with Crippen molar-refractivity contribution in [2.24, 2.45) is 12.9 Å². The fraction of sp³-hybridized carbons (Fsp3) is 0.357. The number of aryl methyl sites for hydroxylation is 2. The Balaban J connectivity index is 2.17. The van der Waals surface area contributed by atoms with Gasteiger partial charge in [-0.1, -0.05) is 6.07 Å². The van der Waals surface area contributed by atoms with E-state index in [0.717, 1.165) is 21.9 Å². The van der Waals surface area contributed by atoms with E-state index in [1.165, 1.54) is 12.1 Å². The zero-order valence-corrected chi connectivity index (χ0v) is 13.4. The maximum atomic E-state index is 13.7. The zero-order chi connectivity index (χ0) is 15.6. The van der Waals surface area contributed by atoms with Crippen molar-refractivity contribution in [1.29, 1.82) is 0 Å². The Kier molecular flexibility index (Phi) is 5.08. The third kappa shape index (κ3) is 3.66. The predicted octanol–water partition coefficient (Wildman–Crippen LogP) is 2.39. The molecule has 0 bridgehead atoms. The van der Waals surface area contributed by atoms with E-state index in [2.05, 4.69) is 26.5 Å². The molecule has 0 fully saturated rings. The van der Waals surface area contributed by atoms with Gasteiger partial charge in [0.1, 0.15) is 11.6 Å². The first-order chi connectivity index (χ1) is 9.92. The van der Waals surface area contributed by atoms with Crippen LogP contribution in [0.25, 0.3) is 0 Å². The maximum Gasteiger partial charge on any atom is 0.129 e. The molecular formula is C14H17BrF2N4. The van der Waals surface area contributed by atoms with Crippen molar-refractivity contribution < 1.29 is 8.78 Å². The number of hydrogen-bond acceptors (Lipinski definition) is 3. The molecule has 1 unspecified atom stereocenters. The van der Waals surface area contributed by atoms with Gasteiger partial charge in [0.15, 0.2) is 0 Å². The molecule has 2 aromatic rings. The van der Waals surface area contributed by atoms with Gasteiger partial charge in [-0.15, -0.1) is 0 Å². The maximum absolute atomic E-state index is 13.7. The average Bonchev–Trinajstić information content (AvgIpc) is 2.67. The fourth-order valence-corrected chi connectivity index (χ4v) is 2.78. The van der Waals surface area contributed by atoms with E-state index < -0.39 is 11.6 Å². The number of hydrazine groups is 1. The largest absolute Gasteiger partial charge is 0.271 e. The molecular weight excluding hydrogens is 342 g/mol. The molecule has 0 saturated carbocycles. The van der Waals surface area contributed by atoms with Crippen molar-refractivity contribution in [3.63, 3.8) is 0 Å². The Bertz CT molecular complexity index is 642. The van der Waals surface area contributed by atoms with Gasteiger partial charge in [-0.2, -0.15) is 5.10 Å². The van der Waals surface area contributed by atoms with Gasteiger partial charge < -0.3 is 0 Å². The van der Waals surface area contributed by atoms with Crippen molar-refractivity contribution >= 4 is 15.9 Å². The summed E-state index contributed by atoms with van der Waals surface area (Å²) in [6, 6.07) is 3.39. The van der Waals surface area contributed by atoms with E-state index in [1.807, 2.05) is 14.0 Å². The molecule has 114 valence electrons. The topological polar surface area (TPSA) is 55.9 Å². The van der Waals surface area contributed by atoms with Crippen LogP contribution in [-0.4, -0.2) is 15.8 Å². The monoisotopic (exact) mass is 358 g/mol. The number of nitrogens with one attached hydrogen (secondary N) is 1. The standard InChI is InChI=1S/C14H17BrF2N4/c1-8-14(15)13(21(2)20-8)7-11(19-18)5-9-3-4-10(16)6-12(9)17/h3-4,6,11,19H,5,7,18H2,1-2H3. The first-order valence-electron chi connectivity index (χ1n) is 6.50. The Morgan fingerprint density at radius 3 is 2.62 bits per heavy atom. The second-order valence-corrected chi connectivity index (χ2v) is 5.77. The van der Waals surface area contributed by atoms with Crippen molar-refractivity contribution in [1.82, 2.24) is 15.2 Å². The molecule has 1 atom stereocenters. The lowest BCUT2D eigenvalue weighted by atomic mass is 10.0. The minimum atomic E-state index is -0.585. The van der Waals surface area contributed by atoms with Crippen LogP contribution >= 0.6 is 15.9 Å². The van der Waals surface area contributed by atoms with Crippen LogP contribution in [0.2, 0.25) is 0 Å². The predicted molar refractivity (Wildman–Crippen MR) is 80.5 cm³/mol. The van der Waals surface area contributed by atoms with Crippen LogP contribution in [0.4, 0.5) is 8.78 Å². The molecule has 7 heteroatoms. The van der Waals surface area contributed by atoms with E-state index in [9.17, 15) is 8.78 Å². The van der Waals surface area contributed by atoms with Crippen LogP contribution in [0.15, 0.2) is 22.7 Å². The van der Waals surface area contributed by atoms with Crippen LogP contribution in [0.5, 0.6) is 0 Å². The van der Waals surface area contributed by atoms with E-state index >= 15 is 0 Å². The van der Waals surface area contributed by atoms with Gasteiger partial charge in [0.05, 0.1) is 15.9 Å². The summed E-state index contributed by atoms with van der Waals surface area (Å²) in [6.45, 7) is 1.90. The average molecular weight is 359 g/mol. The zero-order valence-electron chi connectivity index (χ0n) is 11.8. The summed E-state index contributed by atoms with van der Waals surface area (Å²) in [6.07, 6.45) is 0.935. The summed E-state index contributed by atoms with van der Waals surface area (Å²) in [4.78, 5) is 0. The third-order valence-corrected chi connectivity index (χ3v) is 4.45. The van der Waals surface area contributed by atoms with Gasteiger partial charge >= 0.3 is 0 Å². The highest BCUT2D eigenvalue weighted by atomic mass is 79.9. The van der Waals surface area contributed by atoms with E-state index in [0.29, 0.717) is 18.4 Å². The van der Waals surface area contributed by atoms with Crippen LogP contribution in [-0.2, 0) is 19.9 Å². The highest BCUT2D eigenvalue weighted by Crippen LogP contribution is 2.22. The highest BCUT2D eigenvalue weighted by Gasteiger charge is 2.18. The van der Waals surface area contributed by atoms with Gasteiger partial charge in [0.25, 0.3) is 0 Å². The van der Waals surface area contributed by atoms with Crippen molar-refractivity contribution in [3.05, 3.63) is 51.3 Å². The molecule has 0 spiro atoms. The second kappa shape index (κ2) is 6.64. The summed E-state index contributed by atoms with van der Waals surface area (Å²) < 4.78 is 29.3. The molecule has 1 heterocycles. The summed E-state index contributed by atoms with van der Waals surface area (Å²) in [7, 11) is 1.85. The molecule has 0 saturated heterocycles. The smallest absolute Gasteiger partial charge is 0.129 e. The van der Waals surface area contributed by atoms with E-state index in [4.69, 9.17) is 5.84 Å². The summed E-state index contributed by atoms with van der Waals surface area (Å²) >= 11 is 3.49. The third-order valence-electron chi connectivity index (χ3n) is 3.42. The molecule has 3 N–H and O–H groups in total. The molecule has 4 nitrogen and oxygen atoms in total. The minimum absolute atomic E-state index is 0.184. The van der Waals surface area contributed by atoms with Crippen LogP contribution < -0.4 is 11.3 Å². The fourth-order valence-electron chi connectivity index (χ4n) is 2.28. The van der Waals surface area contributed by atoms with Crippen molar-refractivity contribution in [2.45, 2.75) is 25.8 Å². The molecule has 1 aromatic heterocycles. The number of nitrogens with two attached hydrogens (primary N) is 1. The Morgan fingerprint density at radius 2 is 2.10 bits per heavy atom. The van der Waals surface area contributed by atoms with Gasteiger partial charge in [-0.25, -0.2) is 8.78 Å². The number of benzene rings is 1. The molecule has 0 aliphatic heterocycles. The van der Waals surface area contributed by atoms with E-state index in [-0.39, 0.29) is 6.04 Å². The molecule has 1 aromatic carbocycles. The SMILES string of the molecule is Cc1nn(C)c(CC(Cc2ccc(F)cc2F)NN)c1Br. The summed E-state index contributed by atoms with van der Waals surface area (Å²) in [5.41, 5.74) is 4.96. The minimum Gasteiger partial charge on any atom is -0.271 e. The van der Waals surface area contributed by atoms with Crippen LogP contribution in [0, 0.1) is 18.6 Å². The van der Waals surface area contributed by atoms with E-state index in [1.54, 1.807) is 4.68 Å². The molecule has 0 aliphatic rings. The van der Waals surface area contributed by atoms with Gasteiger partial charge in [-0.3, -0.25) is 16.0 Å². The Labute approximate surface area is 130 Å². The number of aromatic nitrogens is 2. The first-order valence-corrected chi connectivity index (χ1v) is 7.29. The Morgan fingerprint density at radius 1 is 1.38 bits per heavy atom. The lowest BCUT2D eigenvalue weighted by molar-refractivity contribution is 0.489. The first kappa shape index (κ1) is 16.1. The number of halogens is 3.